The van der Waals surface area contributed by atoms with Crippen LogP contribution in [0.4, 0.5) is 8.78 Å². The number of unbranched alkanes of at least 4 members (excludes halogenated alkanes) is 2. The normalized spacial score (nSPS) is 40.1. The molecule has 0 saturated heterocycles. The van der Waals surface area contributed by atoms with Crippen LogP contribution in [0.15, 0.2) is 0 Å². The Balaban J connectivity index is 1.42. The predicted molar refractivity (Wildman–Crippen MR) is 117 cm³/mol. The Labute approximate surface area is 181 Å². The molecule has 3 aliphatic carbocycles. The fraction of sp³-hybridized carbons (Fsp3) is 0.923. The molecule has 0 heterocycles. The second-order valence-electron chi connectivity index (χ2n) is 10.7. The van der Waals surface area contributed by atoms with Crippen molar-refractivity contribution in [3.63, 3.8) is 0 Å². The smallest absolute Gasteiger partial charge is 0.204 e. The highest BCUT2D eigenvalue weighted by atomic mass is 19.2. The molecule has 3 rings (SSSR count). The zero-order valence-electron chi connectivity index (χ0n) is 19.1. The lowest BCUT2D eigenvalue weighted by molar-refractivity contribution is -0.145. The van der Waals surface area contributed by atoms with Gasteiger partial charge in [-0.15, -0.1) is 0 Å². The number of hydrogen-bond acceptors (Lipinski definition) is 2. The highest BCUT2D eigenvalue weighted by Gasteiger charge is 2.45. The number of Topliss-reactive ketones (excluding diaryl/α,β-unsaturated/α-hetero) is 2. The van der Waals surface area contributed by atoms with E-state index < -0.39 is 29.8 Å². The van der Waals surface area contributed by atoms with Crippen LogP contribution in [0, 0.1) is 35.5 Å². The molecule has 3 saturated carbocycles. The minimum Gasteiger partial charge on any atom is -0.291 e. The van der Waals surface area contributed by atoms with E-state index in [4.69, 9.17) is 0 Å². The third-order valence-corrected chi connectivity index (χ3v) is 8.66. The monoisotopic (exact) mass is 424 g/mol. The van der Waals surface area contributed by atoms with Gasteiger partial charge in [-0.3, -0.25) is 9.59 Å². The Morgan fingerprint density at radius 3 is 1.93 bits per heavy atom. The second kappa shape index (κ2) is 11.2. The molecule has 0 aliphatic heterocycles. The van der Waals surface area contributed by atoms with Gasteiger partial charge >= 0.3 is 0 Å². The Hall–Kier alpha value is -0.800. The first-order valence-corrected chi connectivity index (χ1v) is 12.8. The summed E-state index contributed by atoms with van der Waals surface area (Å²) in [5.41, 5.74) is 0. The molecular formula is C26H42F2O2. The average molecular weight is 425 g/mol. The van der Waals surface area contributed by atoms with E-state index in [1.165, 1.54) is 51.4 Å². The largest absolute Gasteiger partial charge is 0.291 e. The summed E-state index contributed by atoms with van der Waals surface area (Å²) in [6.45, 7) is 3.94. The van der Waals surface area contributed by atoms with Crippen molar-refractivity contribution in [2.75, 3.05) is 0 Å². The van der Waals surface area contributed by atoms with Crippen LogP contribution < -0.4 is 0 Å². The summed E-state index contributed by atoms with van der Waals surface area (Å²) in [5, 5.41) is 0. The van der Waals surface area contributed by atoms with Crippen molar-refractivity contribution in [2.24, 2.45) is 35.5 Å². The van der Waals surface area contributed by atoms with Crippen molar-refractivity contribution in [3.05, 3.63) is 0 Å². The van der Waals surface area contributed by atoms with Crippen LogP contribution >= 0.6 is 0 Å². The van der Waals surface area contributed by atoms with Crippen LogP contribution in [0.2, 0.25) is 0 Å². The third kappa shape index (κ3) is 5.71. The van der Waals surface area contributed by atoms with Gasteiger partial charge in [-0.05, 0) is 75.0 Å². The van der Waals surface area contributed by atoms with Crippen LogP contribution in [0.3, 0.4) is 0 Å². The van der Waals surface area contributed by atoms with Crippen LogP contribution in [-0.2, 0) is 9.59 Å². The van der Waals surface area contributed by atoms with Crippen LogP contribution in [0.5, 0.6) is 0 Å². The molecule has 0 aromatic carbocycles. The predicted octanol–water partition coefficient (Wildman–Crippen LogP) is 7.04. The van der Waals surface area contributed by atoms with Gasteiger partial charge in [0.2, 0.25) is 11.6 Å². The first-order chi connectivity index (χ1) is 14.4. The SMILES string of the molecule is CCCCCC1CCC(C2CCC(C(=O)C(=O)C3CCC(C)C(F)C3F)CC2)CC1. The molecule has 0 amide bonds. The minimum atomic E-state index is -1.81. The fourth-order valence-electron chi connectivity index (χ4n) is 6.44. The second-order valence-corrected chi connectivity index (χ2v) is 10.7. The Morgan fingerprint density at radius 2 is 1.33 bits per heavy atom. The highest BCUT2D eigenvalue weighted by Crippen LogP contribution is 2.43. The van der Waals surface area contributed by atoms with E-state index in [0.717, 1.165) is 37.5 Å². The lowest BCUT2D eigenvalue weighted by Gasteiger charge is -2.38. The summed E-state index contributed by atoms with van der Waals surface area (Å²) >= 11 is 0. The molecule has 4 heteroatoms. The zero-order valence-corrected chi connectivity index (χ0v) is 19.1. The Bertz CT molecular complexity index is 561. The van der Waals surface area contributed by atoms with Crippen molar-refractivity contribution >= 4 is 11.6 Å². The molecule has 0 spiro atoms. The Morgan fingerprint density at radius 1 is 0.733 bits per heavy atom. The average Bonchev–Trinajstić information content (AvgIpc) is 2.77. The van der Waals surface area contributed by atoms with Gasteiger partial charge in [-0.25, -0.2) is 8.78 Å². The quantitative estimate of drug-likeness (QED) is 0.309. The molecule has 0 aromatic rings. The summed E-state index contributed by atoms with van der Waals surface area (Å²) in [5.74, 6) is -0.350. The Kier molecular flexibility index (Phi) is 8.89. The first-order valence-electron chi connectivity index (χ1n) is 12.8. The topological polar surface area (TPSA) is 34.1 Å². The van der Waals surface area contributed by atoms with E-state index in [-0.39, 0.29) is 11.8 Å². The van der Waals surface area contributed by atoms with E-state index in [1.54, 1.807) is 6.92 Å². The number of rotatable bonds is 8. The summed E-state index contributed by atoms with van der Waals surface area (Å²) in [6, 6.07) is 0. The molecule has 3 fully saturated rings. The molecular weight excluding hydrogens is 382 g/mol. The van der Waals surface area contributed by atoms with Gasteiger partial charge in [0.15, 0.2) is 0 Å². The minimum absolute atomic E-state index is 0.260. The van der Waals surface area contributed by atoms with Gasteiger partial charge in [0.25, 0.3) is 0 Å². The molecule has 4 atom stereocenters. The van der Waals surface area contributed by atoms with Crippen LogP contribution in [0.25, 0.3) is 0 Å². The maximum atomic E-state index is 14.4. The third-order valence-electron chi connectivity index (χ3n) is 8.66. The van der Waals surface area contributed by atoms with Crippen molar-refractivity contribution in [2.45, 2.75) is 116 Å². The van der Waals surface area contributed by atoms with E-state index in [0.29, 0.717) is 18.8 Å². The number of ketones is 2. The van der Waals surface area contributed by atoms with Gasteiger partial charge in [-0.1, -0.05) is 52.4 Å². The molecule has 0 radical (unpaired) electrons. The van der Waals surface area contributed by atoms with Gasteiger partial charge in [0.1, 0.15) is 12.3 Å². The number of alkyl halides is 2. The molecule has 172 valence electrons. The fourth-order valence-corrected chi connectivity index (χ4v) is 6.44. The summed E-state index contributed by atoms with van der Waals surface area (Å²) in [7, 11) is 0. The van der Waals surface area contributed by atoms with Crippen LogP contribution in [0.1, 0.15) is 104 Å². The van der Waals surface area contributed by atoms with E-state index in [9.17, 15) is 18.4 Å². The molecule has 0 bridgehead atoms. The summed E-state index contributed by atoms with van der Waals surface area (Å²) < 4.78 is 28.4. The highest BCUT2D eigenvalue weighted by molar-refractivity contribution is 6.38. The van der Waals surface area contributed by atoms with E-state index in [2.05, 4.69) is 6.92 Å². The molecule has 0 N–H and O–H groups in total. The van der Waals surface area contributed by atoms with Crippen molar-refractivity contribution < 1.29 is 18.4 Å². The lowest BCUT2D eigenvalue weighted by atomic mass is 9.67. The van der Waals surface area contributed by atoms with E-state index in [1.807, 2.05) is 0 Å². The van der Waals surface area contributed by atoms with Crippen molar-refractivity contribution in [1.29, 1.82) is 0 Å². The standard InChI is InChI=1S/C26H42F2O2/c1-3-4-5-6-18-8-10-19(11-9-18)20-12-14-21(15-13-20)25(29)26(30)22-16-7-17(2)23(27)24(22)28/h17-24H,3-16H2,1-2H3. The molecule has 0 aromatic heterocycles. The maximum absolute atomic E-state index is 14.4. The molecule has 4 unspecified atom stereocenters. The lowest BCUT2D eigenvalue weighted by Crippen LogP contribution is -2.44. The van der Waals surface area contributed by atoms with Gasteiger partial charge in [0, 0.05) is 5.92 Å². The van der Waals surface area contributed by atoms with Crippen LogP contribution in [-0.4, -0.2) is 23.9 Å². The van der Waals surface area contributed by atoms with Gasteiger partial charge in [0.05, 0.1) is 5.92 Å². The van der Waals surface area contributed by atoms with Gasteiger partial charge < -0.3 is 0 Å². The molecule has 3 aliphatic rings. The number of carbonyl (C=O) groups excluding carboxylic acids is 2. The zero-order chi connectivity index (χ0) is 21.7. The number of halogens is 2. The van der Waals surface area contributed by atoms with E-state index >= 15 is 0 Å². The first kappa shape index (κ1) is 23.9. The van der Waals surface area contributed by atoms with Crippen molar-refractivity contribution in [3.8, 4) is 0 Å². The molecule has 30 heavy (non-hydrogen) atoms. The maximum Gasteiger partial charge on any atom is 0.204 e. The molecule has 2 nitrogen and oxygen atoms in total. The summed E-state index contributed by atoms with van der Waals surface area (Å²) in [4.78, 5) is 25.4. The van der Waals surface area contributed by atoms with Crippen molar-refractivity contribution in [1.82, 2.24) is 0 Å². The number of carbonyl (C=O) groups is 2. The summed E-state index contributed by atoms with van der Waals surface area (Å²) in [6.07, 6.45) is 11.7. The number of hydrogen-bond donors (Lipinski definition) is 0. The van der Waals surface area contributed by atoms with Gasteiger partial charge in [-0.2, -0.15) is 0 Å².